The average molecular weight is 332 g/mol. The van der Waals surface area contributed by atoms with Crippen molar-refractivity contribution in [3.63, 3.8) is 0 Å². The maximum Gasteiger partial charge on any atom is 0.0934 e. The van der Waals surface area contributed by atoms with E-state index in [-0.39, 0.29) is 0 Å². The summed E-state index contributed by atoms with van der Waals surface area (Å²) in [5.74, 6) is 0. The lowest BCUT2D eigenvalue weighted by atomic mass is 10.0. The Balaban J connectivity index is 1.92. The maximum atomic E-state index is 4.45. The van der Waals surface area contributed by atoms with E-state index in [1.165, 1.54) is 30.8 Å². The number of thiophene rings is 1. The van der Waals surface area contributed by atoms with E-state index in [9.17, 15) is 0 Å². The summed E-state index contributed by atoms with van der Waals surface area (Å²) in [5.41, 5.74) is 4.02. The van der Waals surface area contributed by atoms with Crippen LogP contribution in [-0.2, 0) is 12.8 Å². The van der Waals surface area contributed by atoms with Crippen LogP contribution in [0.15, 0.2) is 50.3 Å². The molecule has 2 aromatic heterocycles. The van der Waals surface area contributed by atoms with Gasteiger partial charge >= 0.3 is 0 Å². The number of thiazole rings is 1. The van der Waals surface area contributed by atoms with Gasteiger partial charge in [-0.3, -0.25) is 0 Å². The van der Waals surface area contributed by atoms with Gasteiger partial charge < -0.3 is 0 Å². The predicted molar refractivity (Wildman–Crippen MR) is 94.7 cm³/mol. The molecular weight excluding hydrogens is 314 g/mol. The third kappa shape index (κ3) is 3.57. The molecule has 108 valence electrons. The van der Waals surface area contributed by atoms with Crippen molar-refractivity contribution in [2.24, 2.45) is 0 Å². The number of aromatic nitrogens is 1. The van der Waals surface area contributed by atoms with Gasteiger partial charge in [0.25, 0.3) is 0 Å². The molecule has 0 spiro atoms. The molecule has 0 aliphatic heterocycles. The van der Waals surface area contributed by atoms with Gasteiger partial charge in [0.15, 0.2) is 0 Å². The molecule has 0 saturated heterocycles. The number of nitrogens with zero attached hydrogens (tertiary/aromatic N) is 1. The summed E-state index contributed by atoms with van der Waals surface area (Å²) in [6, 6.07) is 9.08. The molecule has 0 atom stereocenters. The highest BCUT2D eigenvalue weighted by Gasteiger charge is 2.07. The highest BCUT2D eigenvalue weighted by molar-refractivity contribution is 8.01. The molecule has 0 fully saturated rings. The zero-order valence-electron chi connectivity index (χ0n) is 12.1. The Labute approximate surface area is 138 Å². The highest BCUT2D eigenvalue weighted by atomic mass is 32.2. The Bertz CT molecular complexity index is 713. The van der Waals surface area contributed by atoms with Crippen LogP contribution in [0.25, 0.3) is 11.1 Å². The van der Waals surface area contributed by atoms with Crippen LogP contribution in [0.3, 0.4) is 0 Å². The van der Waals surface area contributed by atoms with Crippen molar-refractivity contribution in [1.82, 2.24) is 4.98 Å². The first-order chi connectivity index (χ1) is 10.3. The first-order valence-electron chi connectivity index (χ1n) is 7.07. The van der Waals surface area contributed by atoms with Crippen molar-refractivity contribution in [3.05, 3.63) is 51.8 Å². The van der Waals surface area contributed by atoms with Crippen molar-refractivity contribution in [2.45, 2.75) is 35.8 Å². The summed E-state index contributed by atoms with van der Waals surface area (Å²) in [6.07, 6.45) is 4.08. The second kappa shape index (κ2) is 6.77. The van der Waals surface area contributed by atoms with E-state index in [1.54, 1.807) is 22.7 Å². The van der Waals surface area contributed by atoms with Crippen LogP contribution in [0.1, 0.15) is 24.4 Å². The molecule has 0 saturated carbocycles. The van der Waals surface area contributed by atoms with E-state index >= 15 is 0 Å². The Morgan fingerprint density at radius 1 is 1.10 bits per heavy atom. The molecular formula is C17H17NS3. The van der Waals surface area contributed by atoms with Crippen molar-refractivity contribution in [3.8, 4) is 11.1 Å². The smallest absolute Gasteiger partial charge is 0.0934 e. The largest absolute Gasteiger partial charge is 0.248 e. The lowest BCUT2D eigenvalue weighted by Gasteiger charge is -2.07. The topological polar surface area (TPSA) is 12.9 Å². The van der Waals surface area contributed by atoms with Crippen LogP contribution in [-0.4, -0.2) is 4.98 Å². The quantitative estimate of drug-likeness (QED) is 0.556. The van der Waals surface area contributed by atoms with E-state index in [4.69, 9.17) is 0 Å². The lowest BCUT2D eigenvalue weighted by molar-refractivity contribution is 1.09. The second-order valence-corrected chi connectivity index (χ2v) is 8.03. The normalized spacial score (nSPS) is 11.0. The molecule has 3 aromatic rings. The van der Waals surface area contributed by atoms with Gasteiger partial charge in [0, 0.05) is 4.90 Å². The third-order valence-electron chi connectivity index (χ3n) is 3.28. The fourth-order valence-corrected chi connectivity index (χ4v) is 4.87. The van der Waals surface area contributed by atoms with Gasteiger partial charge in [-0.15, -0.1) is 11.3 Å². The van der Waals surface area contributed by atoms with Crippen molar-refractivity contribution < 1.29 is 0 Å². The highest BCUT2D eigenvalue weighted by Crippen LogP contribution is 2.35. The molecule has 0 N–H and O–H groups in total. The van der Waals surface area contributed by atoms with Crippen LogP contribution < -0.4 is 0 Å². The molecule has 0 bridgehead atoms. The van der Waals surface area contributed by atoms with E-state index < -0.39 is 0 Å². The zero-order chi connectivity index (χ0) is 14.7. The fourth-order valence-electron chi connectivity index (χ4n) is 2.14. The summed E-state index contributed by atoms with van der Waals surface area (Å²) in [5, 5.41) is 5.56. The van der Waals surface area contributed by atoms with Gasteiger partial charge in [-0.1, -0.05) is 31.7 Å². The average Bonchev–Trinajstić information content (AvgIpc) is 3.18. The molecule has 0 amide bonds. The van der Waals surface area contributed by atoms with E-state index in [0.29, 0.717) is 0 Å². The summed E-state index contributed by atoms with van der Waals surface area (Å²) >= 11 is 5.37. The molecule has 0 aliphatic rings. The van der Waals surface area contributed by atoms with Gasteiger partial charge in [-0.05, 0) is 58.5 Å². The fraction of sp³-hybridized carbons (Fsp3) is 0.235. The number of aryl methyl sites for hydroxylation is 2. The van der Waals surface area contributed by atoms with Gasteiger partial charge in [0.05, 0.1) is 15.4 Å². The summed E-state index contributed by atoms with van der Waals surface area (Å²) in [4.78, 5) is 5.75. The van der Waals surface area contributed by atoms with E-state index in [0.717, 1.165) is 12.8 Å². The van der Waals surface area contributed by atoms with Crippen LogP contribution in [0.2, 0.25) is 0 Å². The Hall–Kier alpha value is -1.10. The number of rotatable bonds is 5. The maximum absolute atomic E-state index is 4.45. The van der Waals surface area contributed by atoms with Gasteiger partial charge in [0.1, 0.15) is 0 Å². The molecule has 21 heavy (non-hydrogen) atoms. The molecule has 1 aromatic carbocycles. The molecule has 0 aliphatic carbocycles. The summed E-state index contributed by atoms with van der Waals surface area (Å²) < 4.78 is 1.27. The SMILES string of the molecule is CCc1cc(Sc2cnc(CC)s2)cc(-c2ccsc2)c1. The standard InChI is InChI=1S/C17H17NS3/c1-3-12-7-14(13-5-6-19-11-13)9-15(8-12)20-17-10-18-16(4-2)21-17/h5-11H,3-4H2,1-2H3. The zero-order valence-corrected chi connectivity index (χ0v) is 14.6. The summed E-state index contributed by atoms with van der Waals surface area (Å²) in [6.45, 7) is 4.36. The van der Waals surface area contributed by atoms with Crippen molar-refractivity contribution in [1.29, 1.82) is 0 Å². The molecule has 4 heteroatoms. The molecule has 2 heterocycles. The molecule has 0 unspecified atom stereocenters. The minimum atomic E-state index is 1.01. The first kappa shape index (κ1) is 14.8. The minimum absolute atomic E-state index is 1.01. The predicted octanol–water partition coefficient (Wildman–Crippen LogP) is 6.15. The Kier molecular flexibility index (Phi) is 4.78. The van der Waals surface area contributed by atoms with Gasteiger partial charge in [-0.2, -0.15) is 11.3 Å². The van der Waals surface area contributed by atoms with Gasteiger partial charge in [0.2, 0.25) is 0 Å². The van der Waals surface area contributed by atoms with Gasteiger partial charge in [-0.25, -0.2) is 4.98 Å². The van der Waals surface area contributed by atoms with E-state index in [1.807, 2.05) is 18.0 Å². The van der Waals surface area contributed by atoms with Crippen molar-refractivity contribution in [2.75, 3.05) is 0 Å². The number of hydrogen-bond acceptors (Lipinski definition) is 4. The van der Waals surface area contributed by atoms with Crippen LogP contribution >= 0.6 is 34.4 Å². The van der Waals surface area contributed by atoms with Crippen molar-refractivity contribution >= 4 is 34.4 Å². The third-order valence-corrected chi connectivity index (χ3v) is 6.18. The molecule has 3 rings (SSSR count). The molecule has 0 radical (unpaired) electrons. The first-order valence-corrected chi connectivity index (χ1v) is 9.65. The Morgan fingerprint density at radius 3 is 2.67 bits per heavy atom. The summed E-state index contributed by atoms with van der Waals surface area (Å²) in [7, 11) is 0. The second-order valence-electron chi connectivity index (χ2n) is 4.76. The monoisotopic (exact) mass is 331 g/mol. The Morgan fingerprint density at radius 2 is 2.00 bits per heavy atom. The van der Waals surface area contributed by atoms with Crippen LogP contribution in [0, 0.1) is 0 Å². The lowest BCUT2D eigenvalue weighted by Crippen LogP contribution is -1.84. The van der Waals surface area contributed by atoms with Crippen LogP contribution in [0.5, 0.6) is 0 Å². The van der Waals surface area contributed by atoms with Crippen LogP contribution in [0.4, 0.5) is 0 Å². The molecule has 1 nitrogen and oxygen atoms in total. The minimum Gasteiger partial charge on any atom is -0.248 e. The number of hydrogen-bond donors (Lipinski definition) is 0. The number of benzene rings is 1. The van der Waals surface area contributed by atoms with E-state index in [2.05, 4.69) is 53.9 Å².